The van der Waals surface area contributed by atoms with Crippen molar-refractivity contribution in [3.63, 3.8) is 0 Å². The maximum atomic E-state index is 10.1. The van der Waals surface area contributed by atoms with Crippen LogP contribution in [0.2, 0.25) is 0 Å². The first kappa shape index (κ1) is 16.8. The summed E-state index contributed by atoms with van der Waals surface area (Å²) in [4.78, 5) is 12.1. The number of hydrogen-bond donors (Lipinski definition) is 4. The van der Waals surface area contributed by atoms with Crippen molar-refractivity contribution in [2.75, 3.05) is 0 Å². The van der Waals surface area contributed by atoms with Crippen molar-refractivity contribution < 1.29 is 10.2 Å². The van der Waals surface area contributed by atoms with E-state index in [0.29, 0.717) is 21.5 Å². The number of aromatic nitrogens is 4. The summed E-state index contributed by atoms with van der Waals surface area (Å²) in [7, 11) is 0. The number of imidazole rings is 1. The molecule has 130 valence electrons. The van der Waals surface area contributed by atoms with E-state index < -0.39 is 0 Å². The van der Waals surface area contributed by atoms with Crippen LogP contribution in [-0.2, 0) is 0 Å². The summed E-state index contributed by atoms with van der Waals surface area (Å²) < 4.78 is 0.665. The number of H-pyrrole nitrogens is 2. The second kappa shape index (κ2) is 6.58. The highest BCUT2D eigenvalue weighted by atomic mass is 79.9. The molecule has 7 nitrogen and oxygen atoms in total. The average Bonchev–Trinajstić information content (AvgIpc) is 3.30. The van der Waals surface area contributed by atoms with Gasteiger partial charge >= 0.3 is 0 Å². The van der Waals surface area contributed by atoms with E-state index in [-0.39, 0.29) is 16.0 Å². The minimum atomic E-state index is -0.0846. The van der Waals surface area contributed by atoms with E-state index in [0.717, 1.165) is 16.7 Å². The Hall–Kier alpha value is -2.65. The summed E-state index contributed by atoms with van der Waals surface area (Å²) in [6.07, 6.45) is 3.19. The fourth-order valence-electron chi connectivity index (χ4n) is 2.45. The Morgan fingerprint density at radius 3 is 2.69 bits per heavy atom. The molecular formula is C17H11Br2N5O2. The molecule has 0 bridgehead atoms. The molecule has 0 spiro atoms. The highest BCUT2D eigenvalue weighted by molar-refractivity contribution is 9.11. The molecule has 9 heteroatoms. The molecule has 2 aromatic carbocycles. The number of aromatic amines is 2. The summed E-state index contributed by atoms with van der Waals surface area (Å²) in [5.41, 5.74) is 3.60. The first-order valence-electron chi connectivity index (χ1n) is 7.46. The van der Waals surface area contributed by atoms with E-state index in [2.05, 4.69) is 57.0 Å². The number of aromatic hydroxyl groups is 2. The summed E-state index contributed by atoms with van der Waals surface area (Å²) >= 11 is 6.39. The van der Waals surface area contributed by atoms with Crippen LogP contribution in [0.1, 0.15) is 5.56 Å². The molecule has 4 N–H and O–H groups in total. The van der Waals surface area contributed by atoms with Gasteiger partial charge in [0.05, 0.1) is 21.2 Å². The lowest BCUT2D eigenvalue weighted by Crippen LogP contribution is -1.85. The van der Waals surface area contributed by atoms with Gasteiger partial charge in [-0.25, -0.2) is 4.98 Å². The Morgan fingerprint density at radius 1 is 1.08 bits per heavy atom. The number of aliphatic imine (C=N–C) groups is 1. The van der Waals surface area contributed by atoms with E-state index >= 15 is 0 Å². The standard InChI is InChI=1S/C17H11Br2N5O2/c18-10-5-8(15(25)14(19)16(10)26)7-20-9-1-2-11-13(6-9)23-17(22-11)12-3-4-21-24-12/h1-7,25-26H,(H,21,24)(H,22,23). The number of halogens is 2. The van der Waals surface area contributed by atoms with Crippen molar-refractivity contribution in [2.24, 2.45) is 4.99 Å². The molecule has 0 aliphatic rings. The number of benzene rings is 2. The number of nitrogens with one attached hydrogen (secondary N) is 2. The summed E-state index contributed by atoms with van der Waals surface area (Å²) in [6.45, 7) is 0. The minimum absolute atomic E-state index is 0.0649. The van der Waals surface area contributed by atoms with Crippen molar-refractivity contribution >= 4 is 54.8 Å². The zero-order valence-corrected chi connectivity index (χ0v) is 16.2. The normalized spacial score (nSPS) is 11.6. The van der Waals surface area contributed by atoms with Crippen molar-refractivity contribution in [1.82, 2.24) is 20.2 Å². The van der Waals surface area contributed by atoms with Crippen LogP contribution in [0.4, 0.5) is 5.69 Å². The number of nitrogens with zero attached hydrogens (tertiary/aromatic N) is 3. The largest absolute Gasteiger partial charge is 0.506 e. The van der Waals surface area contributed by atoms with E-state index in [4.69, 9.17) is 0 Å². The molecule has 0 fully saturated rings. The lowest BCUT2D eigenvalue weighted by atomic mass is 10.2. The van der Waals surface area contributed by atoms with Crippen molar-refractivity contribution in [3.05, 3.63) is 51.0 Å². The van der Waals surface area contributed by atoms with E-state index in [1.54, 1.807) is 12.3 Å². The SMILES string of the molecule is Oc1c(Br)cc(C=Nc2ccc3nc(-c4ccn[nH]4)[nH]c3c2)c(O)c1Br. The van der Waals surface area contributed by atoms with Crippen LogP contribution in [0.15, 0.2) is 50.5 Å². The van der Waals surface area contributed by atoms with Crippen molar-refractivity contribution in [1.29, 1.82) is 0 Å². The lowest BCUT2D eigenvalue weighted by Gasteiger charge is -2.06. The van der Waals surface area contributed by atoms with Gasteiger partial charge in [-0.3, -0.25) is 10.1 Å². The van der Waals surface area contributed by atoms with Crippen LogP contribution in [0.3, 0.4) is 0 Å². The first-order valence-corrected chi connectivity index (χ1v) is 9.05. The molecule has 0 aliphatic carbocycles. The Morgan fingerprint density at radius 2 is 1.92 bits per heavy atom. The molecule has 26 heavy (non-hydrogen) atoms. The van der Waals surface area contributed by atoms with Gasteiger partial charge in [-0.05, 0) is 62.2 Å². The topological polar surface area (TPSA) is 110 Å². The molecule has 4 aromatic rings. The van der Waals surface area contributed by atoms with Gasteiger partial charge in [0.1, 0.15) is 21.7 Å². The summed E-state index contributed by atoms with van der Waals surface area (Å²) in [5, 5.41) is 26.7. The van der Waals surface area contributed by atoms with Crippen LogP contribution < -0.4 is 0 Å². The second-order valence-corrected chi connectivity index (χ2v) is 7.12. The number of phenols is 2. The zero-order chi connectivity index (χ0) is 18.3. The number of hydrogen-bond acceptors (Lipinski definition) is 5. The van der Waals surface area contributed by atoms with Gasteiger partial charge in [0.15, 0.2) is 5.82 Å². The monoisotopic (exact) mass is 475 g/mol. The number of rotatable bonds is 3. The van der Waals surface area contributed by atoms with Crippen LogP contribution >= 0.6 is 31.9 Å². The third-order valence-electron chi connectivity index (χ3n) is 3.77. The molecule has 0 saturated heterocycles. The van der Waals surface area contributed by atoms with Gasteiger partial charge in [0.2, 0.25) is 0 Å². The van der Waals surface area contributed by atoms with Gasteiger partial charge < -0.3 is 15.2 Å². The maximum absolute atomic E-state index is 10.1. The van der Waals surface area contributed by atoms with Crippen LogP contribution in [0, 0.1) is 0 Å². The molecule has 0 amide bonds. The van der Waals surface area contributed by atoms with Gasteiger partial charge in [-0.1, -0.05) is 0 Å². The van der Waals surface area contributed by atoms with Crippen LogP contribution in [0.25, 0.3) is 22.6 Å². The second-order valence-electron chi connectivity index (χ2n) is 5.47. The molecule has 0 aliphatic heterocycles. The summed E-state index contributed by atoms with van der Waals surface area (Å²) in [6, 6.07) is 8.98. The molecule has 0 radical (unpaired) electrons. The number of fused-ring (bicyclic) bond motifs is 1. The fraction of sp³-hybridized carbons (Fsp3) is 0. The van der Waals surface area contributed by atoms with E-state index in [1.165, 1.54) is 6.21 Å². The molecule has 0 unspecified atom stereocenters. The van der Waals surface area contributed by atoms with Crippen LogP contribution in [0.5, 0.6) is 11.5 Å². The Labute approximate surface area is 164 Å². The third-order valence-corrected chi connectivity index (χ3v) is 5.13. The van der Waals surface area contributed by atoms with E-state index in [1.807, 2.05) is 24.3 Å². The Balaban J connectivity index is 1.68. The highest BCUT2D eigenvalue weighted by Gasteiger charge is 2.13. The van der Waals surface area contributed by atoms with Gasteiger partial charge in [0, 0.05) is 18.0 Å². The molecular weight excluding hydrogens is 466 g/mol. The minimum Gasteiger partial charge on any atom is -0.506 e. The molecule has 2 heterocycles. The fourth-order valence-corrected chi connectivity index (χ4v) is 3.61. The first-order chi connectivity index (χ1) is 12.5. The third kappa shape index (κ3) is 2.99. The molecule has 0 saturated carbocycles. The van der Waals surface area contributed by atoms with Gasteiger partial charge in [-0.15, -0.1) is 0 Å². The Bertz CT molecular complexity index is 1140. The lowest BCUT2D eigenvalue weighted by molar-refractivity contribution is 0.442. The van der Waals surface area contributed by atoms with Gasteiger partial charge in [-0.2, -0.15) is 5.10 Å². The molecule has 2 aromatic heterocycles. The van der Waals surface area contributed by atoms with E-state index in [9.17, 15) is 10.2 Å². The maximum Gasteiger partial charge on any atom is 0.156 e. The van der Waals surface area contributed by atoms with Gasteiger partial charge in [0.25, 0.3) is 0 Å². The van der Waals surface area contributed by atoms with Crippen molar-refractivity contribution in [2.45, 2.75) is 0 Å². The predicted molar refractivity (Wildman–Crippen MR) is 106 cm³/mol. The summed E-state index contributed by atoms with van der Waals surface area (Å²) in [5.74, 6) is 0.547. The van der Waals surface area contributed by atoms with Crippen LogP contribution in [-0.4, -0.2) is 36.6 Å². The average molecular weight is 477 g/mol. The highest BCUT2D eigenvalue weighted by Crippen LogP contribution is 2.40. The predicted octanol–water partition coefficient (Wildman–Crippen LogP) is 4.64. The smallest absolute Gasteiger partial charge is 0.156 e. The number of phenolic OH excluding ortho intramolecular Hbond substituents is 2. The molecule has 4 rings (SSSR count). The molecule has 0 atom stereocenters. The zero-order valence-electron chi connectivity index (χ0n) is 13.0. The van der Waals surface area contributed by atoms with Crippen molar-refractivity contribution in [3.8, 4) is 23.0 Å². The quantitative estimate of drug-likeness (QED) is 0.323. The Kier molecular flexibility index (Phi) is 4.25.